The Hall–Kier alpha value is -2.03. The molecule has 0 aliphatic heterocycles. The highest BCUT2D eigenvalue weighted by atomic mass is 31.2. The van der Waals surface area contributed by atoms with Gasteiger partial charge in [-0.2, -0.15) is 0 Å². The molecule has 0 bridgehead atoms. The molecule has 0 spiro atoms. The van der Waals surface area contributed by atoms with Gasteiger partial charge in [-0.1, -0.05) is 146 Å². The van der Waals surface area contributed by atoms with Gasteiger partial charge in [0.25, 0.3) is 7.82 Å². The van der Waals surface area contributed by atoms with Crippen molar-refractivity contribution in [1.82, 2.24) is 0 Å². The van der Waals surface area contributed by atoms with Crippen molar-refractivity contribution in [1.29, 1.82) is 0 Å². The molecule has 0 aromatic carbocycles. The van der Waals surface area contributed by atoms with Crippen LogP contribution in [0.4, 0.5) is 0 Å². The molecule has 0 aliphatic rings. The number of nitrogens with zero attached hydrogens (tertiary/aromatic N) is 1. The highest BCUT2D eigenvalue weighted by Crippen LogP contribution is 2.38. The summed E-state index contributed by atoms with van der Waals surface area (Å²) in [6.07, 6.45) is 35.6. The summed E-state index contributed by atoms with van der Waals surface area (Å²) < 4.78 is 33.7. The molecular formula is C40H72NO8P. The molecule has 0 saturated carbocycles. The van der Waals surface area contributed by atoms with Gasteiger partial charge in [0.2, 0.25) is 0 Å². The molecule has 0 heterocycles. The zero-order valence-electron chi connectivity index (χ0n) is 32.3. The van der Waals surface area contributed by atoms with E-state index in [0.717, 1.165) is 57.8 Å². The van der Waals surface area contributed by atoms with E-state index < -0.39 is 32.5 Å². The van der Waals surface area contributed by atoms with Crippen molar-refractivity contribution < 1.29 is 42.1 Å². The van der Waals surface area contributed by atoms with Crippen molar-refractivity contribution in [3.8, 4) is 0 Å². The minimum absolute atomic E-state index is 0.0369. The predicted molar refractivity (Wildman–Crippen MR) is 203 cm³/mol. The van der Waals surface area contributed by atoms with Crippen LogP contribution in [0.3, 0.4) is 0 Å². The van der Waals surface area contributed by atoms with E-state index in [-0.39, 0.29) is 26.1 Å². The molecule has 9 nitrogen and oxygen atoms in total. The third kappa shape index (κ3) is 35.8. The first-order chi connectivity index (χ1) is 24.0. The fraction of sp³-hybridized carbons (Fsp3) is 0.750. The zero-order valence-corrected chi connectivity index (χ0v) is 33.2. The molecule has 2 atom stereocenters. The zero-order chi connectivity index (χ0) is 37.2. The Morgan fingerprint density at radius 3 is 1.70 bits per heavy atom. The van der Waals surface area contributed by atoms with E-state index in [1.807, 2.05) is 51.5 Å². The SMILES string of the molecule is CC/C=C/C=C/C=C/C=C/CCCCCCCC(=O)OC(COC(=O)CCCCCCCCCCCCC)COP(=O)([O-])OCC[N+](C)(C)C. The Morgan fingerprint density at radius 2 is 1.14 bits per heavy atom. The number of quaternary nitrogens is 1. The van der Waals surface area contributed by atoms with Crippen LogP contribution >= 0.6 is 7.82 Å². The van der Waals surface area contributed by atoms with Gasteiger partial charge in [0.1, 0.15) is 19.8 Å². The standard InChI is InChI=1S/C40H72NO8P/c1-6-8-10-12-14-16-18-19-20-21-23-25-27-29-31-33-40(43)49-38(37-48-50(44,45)47-35-34-41(3,4)5)36-46-39(42)32-30-28-26-24-22-17-15-13-11-9-7-2/h8,10,12,14,16,18-20,38H,6-7,9,11,13,15,17,21-37H2,1-5H3/b10-8+,14-12+,18-16+,20-19+. The van der Waals surface area contributed by atoms with Gasteiger partial charge >= 0.3 is 11.9 Å². The number of phosphoric acid groups is 1. The van der Waals surface area contributed by atoms with E-state index in [0.29, 0.717) is 17.4 Å². The topological polar surface area (TPSA) is 111 Å². The number of carbonyl (C=O) groups excluding carboxylic acids is 2. The van der Waals surface area contributed by atoms with Crippen molar-refractivity contribution in [3.05, 3.63) is 48.6 Å². The van der Waals surface area contributed by atoms with Crippen LogP contribution in [0.1, 0.15) is 142 Å². The summed E-state index contributed by atoms with van der Waals surface area (Å²) in [6, 6.07) is 0. The molecule has 0 N–H and O–H groups in total. The van der Waals surface area contributed by atoms with Crippen molar-refractivity contribution in [2.45, 2.75) is 148 Å². The number of esters is 2. The minimum atomic E-state index is -4.62. The van der Waals surface area contributed by atoms with Crippen LogP contribution in [-0.2, 0) is 32.7 Å². The van der Waals surface area contributed by atoms with Crippen LogP contribution in [0, 0.1) is 0 Å². The van der Waals surface area contributed by atoms with Gasteiger partial charge in [-0.05, 0) is 32.1 Å². The molecule has 10 heteroatoms. The average molecular weight is 726 g/mol. The number of ether oxygens (including phenoxy) is 2. The van der Waals surface area contributed by atoms with Crippen molar-refractivity contribution >= 4 is 19.8 Å². The third-order valence-corrected chi connectivity index (χ3v) is 8.92. The Balaban J connectivity index is 4.49. The molecule has 0 fully saturated rings. The van der Waals surface area contributed by atoms with Crippen molar-refractivity contribution in [3.63, 3.8) is 0 Å². The van der Waals surface area contributed by atoms with Gasteiger partial charge in [0.15, 0.2) is 6.10 Å². The van der Waals surface area contributed by atoms with E-state index in [1.54, 1.807) is 0 Å². The molecule has 0 saturated heterocycles. The number of hydrogen-bond acceptors (Lipinski definition) is 8. The van der Waals surface area contributed by atoms with Gasteiger partial charge in [-0.3, -0.25) is 14.2 Å². The van der Waals surface area contributed by atoms with Crippen LogP contribution in [0.2, 0.25) is 0 Å². The number of carbonyl (C=O) groups is 2. The number of phosphoric ester groups is 1. The second-order valence-corrected chi connectivity index (χ2v) is 15.4. The van der Waals surface area contributed by atoms with Crippen molar-refractivity contribution in [2.24, 2.45) is 0 Å². The monoisotopic (exact) mass is 725 g/mol. The van der Waals surface area contributed by atoms with Crippen molar-refractivity contribution in [2.75, 3.05) is 47.5 Å². The van der Waals surface area contributed by atoms with Gasteiger partial charge in [-0.25, -0.2) is 0 Å². The van der Waals surface area contributed by atoms with Crippen LogP contribution in [0.25, 0.3) is 0 Å². The maximum absolute atomic E-state index is 12.6. The molecule has 50 heavy (non-hydrogen) atoms. The second-order valence-electron chi connectivity index (χ2n) is 14.0. The fourth-order valence-electron chi connectivity index (χ4n) is 4.90. The molecular weight excluding hydrogens is 653 g/mol. The molecule has 0 rings (SSSR count). The lowest BCUT2D eigenvalue weighted by molar-refractivity contribution is -0.870. The lowest BCUT2D eigenvalue weighted by atomic mass is 10.1. The quantitative estimate of drug-likeness (QED) is 0.0212. The summed E-state index contributed by atoms with van der Waals surface area (Å²) in [5.74, 6) is -0.866. The summed E-state index contributed by atoms with van der Waals surface area (Å²) in [5, 5.41) is 0. The van der Waals surface area contributed by atoms with E-state index in [1.165, 1.54) is 51.4 Å². The highest BCUT2D eigenvalue weighted by Gasteiger charge is 2.21. The number of likely N-dealkylation sites (N-methyl/N-ethyl adjacent to an activating group) is 1. The first-order valence-corrected chi connectivity index (χ1v) is 20.9. The average Bonchev–Trinajstić information content (AvgIpc) is 3.06. The van der Waals surface area contributed by atoms with Gasteiger partial charge in [-0.15, -0.1) is 0 Å². The maximum Gasteiger partial charge on any atom is 0.306 e. The van der Waals surface area contributed by atoms with Crippen LogP contribution < -0.4 is 4.89 Å². The molecule has 2 unspecified atom stereocenters. The molecule has 290 valence electrons. The first kappa shape index (κ1) is 48.0. The lowest BCUT2D eigenvalue weighted by Crippen LogP contribution is -2.37. The first-order valence-electron chi connectivity index (χ1n) is 19.4. The highest BCUT2D eigenvalue weighted by molar-refractivity contribution is 7.45. The Bertz CT molecular complexity index is 1000. The number of hydrogen-bond donors (Lipinski definition) is 0. The maximum atomic E-state index is 12.6. The van der Waals surface area contributed by atoms with Crippen LogP contribution in [-0.4, -0.2) is 70.0 Å². The summed E-state index contributed by atoms with van der Waals surface area (Å²) in [7, 11) is 1.14. The van der Waals surface area contributed by atoms with Crippen LogP contribution in [0.15, 0.2) is 48.6 Å². The number of allylic oxidation sites excluding steroid dienone is 8. The number of rotatable bonds is 34. The normalized spacial score (nSPS) is 14.3. The Kier molecular flexibility index (Phi) is 31.5. The summed E-state index contributed by atoms with van der Waals surface area (Å²) in [6.45, 7) is 4.03. The largest absolute Gasteiger partial charge is 0.756 e. The Labute approximate surface area is 305 Å². The fourth-order valence-corrected chi connectivity index (χ4v) is 5.63. The molecule has 0 radical (unpaired) electrons. The van der Waals surface area contributed by atoms with Gasteiger partial charge < -0.3 is 27.9 Å². The third-order valence-electron chi connectivity index (χ3n) is 7.96. The van der Waals surface area contributed by atoms with Gasteiger partial charge in [0, 0.05) is 12.8 Å². The summed E-state index contributed by atoms with van der Waals surface area (Å²) >= 11 is 0. The van der Waals surface area contributed by atoms with E-state index >= 15 is 0 Å². The molecule has 0 aromatic rings. The van der Waals surface area contributed by atoms with E-state index in [9.17, 15) is 19.0 Å². The molecule has 0 aromatic heterocycles. The van der Waals surface area contributed by atoms with Crippen LogP contribution in [0.5, 0.6) is 0 Å². The van der Waals surface area contributed by atoms with Gasteiger partial charge in [0.05, 0.1) is 27.7 Å². The smallest absolute Gasteiger partial charge is 0.306 e. The minimum Gasteiger partial charge on any atom is -0.756 e. The molecule has 0 amide bonds. The number of unbranched alkanes of at least 4 members (excludes halogenated alkanes) is 15. The molecule has 0 aliphatic carbocycles. The van der Waals surface area contributed by atoms with E-state index in [4.69, 9.17) is 18.5 Å². The Morgan fingerprint density at radius 1 is 0.640 bits per heavy atom. The van der Waals surface area contributed by atoms with E-state index in [2.05, 4.69) is 32.1 Å². The summed E-state index contributed by atoms with van der Waals surface area (Å²) in [5.41, 5.74) is 0. The predicted octanol–water partition coefficient (Wildman–Crippen LogP) is 9.72. The summed E-state index contributed by atoms with van der Waals surface area (Å²) in [4.78, 5) is 37.3. The second kappa shape index (κ2) is 32.8. The lowest BCUT2D eigenvalue weighted by Gasteiger charge is -2.28.